The highest BCUT2D eigenvalue weighted by atomic mass is 35.5. The molecule has 0 unspecified atom stereocenters. The van der Waals surface area contributed by atoms with Crippen LogP contribution >= 0.6 is 11.6 Å². The Hall–Kier alpha value is -1.01. The maximum Gasteiger partial charge on any atom is 0.0409 e. The first-order valence-electron chi connectivity index (χ1n) is 4.32. The highest BCUT2D eigenvalue weighted by molar-refractivity contribution is 6.30. The number of benzene rings is 1. The zero-order chi connectivity index (χ0) is 9.42. The standard InChI is InChI=1S/C12H11Cl/c1-8(2)10-5-9-3-4-12(13)7-11(9)6-10/h3-5,7H,1,6H2,2H3. The minimum atomic E-state index is 0.815. The van der Waals surface area contributed by atoms with Crippen molar-refractivity contribution in [2.24, 2.45) is 0 Å². The fraction of sp³-hybridized carbons (Fsp3) is 0.167. The van der Waals surface area contributed by atoms with E-state index in [1.54, 1.807) is 0 Å². The van der Waals surface area contributed by atoms with Crippen LogP contribution in [0.2, 0.25) is 5.02 Å². The van der Waals surface area contributed by atoms with E-state index < -0.39 is 0 Å². The van der Waals surface area contributed by atoms with Gasteiger partial charge in [-0.15, -0.1) is 0 Å². The monoisotopic (exact) mass is 190 g/mol. The Morgan fingerprint density at radius 3 is 2.92 bits per heavy atom. The van der Waals surface area contributed by atoms with E-state index in [-0.39, 0.29) is 0 Å². The first-order valence-corrected chi connectivity index (χ1v) is 4.69. The van der Waals surface area contributed by atoms with Crippen molar-refractivity contribution in [3.05, 3.63) is 52.1 Å². The van der Waals surface area contributed by atoms with E-state index in [0.29, 0.717) is 0 Å². The van der Waals surface area contributed by atoms with Gasteiger partial charge in [0.1, 0.15) is 0 Å². The summed E-state index contributed by atoms with van der Waals surface area (Å²) in [5.74, 6) is 0. The van der Waals surface area contributed by atoms with Crippen LogP contribution in [0, 0.1) is 0 Å². The van der Waals surface area contributed by atoms with E-state index in [0.717, 1.165) is 17.0 Å². The predicted molar refractivity (Wildman–Crippen MR) is 57.9 cm³/mol. The van der Waals surface area contributed by atoms with Gasteiger partial charge in [0.05, 0.1) is 0 Å². The van der Waals surface area contributed by atoms with Crippen LogP contribution in [0.15, 0.2) is 35.9 Å². The molecule has 0 atom stereocenters. The normalized spacial score (nSPS) is 13.8. The maximum atomic E-state index is 5.91. The summed E-state index contributed by atoms with van der Waals surface area (Å²) in [6, 6.07) is 6.02. The molecular formula is C12H11Cl. The quantitative estimate of drug-likeness (QED) is 0.631. The number of rotatable bonds is 1. The van der Waals surface area contributed by atoms with Crippen LogP contribution in [0.4, 0.5) is 0 Å². The van der Waals surface area contributed by atoms with Crippen LogP contribution in [0.5, 0.6) is 0 Å². The molecule has 2 rings (SSSR count). The lowest BCUT2D eigenvalue weighted by atomic mass is 10.1. The summed E-state index contributed by atoms with van der Waals surface area (Å²) in [6.45, 7) is 5.98. The Morgan fingerprint density at radius 1 is 1.46 bits per heavy atom. The molecule has 0 aromatic heterocycles. The van der Waals surface area contributed by atoms with Gasteiger partial charge in [-0.1, -0.05) is 35.9 Å². The van der Waals surface area contributed by atoms with Crippen LogP contribution in [0.25, 0.3) is 6.08 Å². The van der Waals surface area contributed by atoms with Crippen LogP contribution in [-0.2, 0) is 6.42 Å². The molecule has 1 aliphatic carbocycles. The second kappa shape index (κ2) is 3.04. The number of fused-ring (bicyclic) bond motifs is 1. The first-order chi connectivity index (χ1) is 6.16. The lowest BCUT2D eigenvalue weighted by Crippen LogP contribution is -1.84. The number of halogens is 1. The third-order valence-corrected chi connectivity index (χ3v) is 2.60. The summed E-state index contributed by atoms with van der Waals surface area (Å²) < 4.78 is 0. The molecule has 0 nitrogen and oxygen atoms in total. The van der Waals surface area contributed by atoms with E-state index in [1.165, 1.54) is 16.7 Å². The molecule has 1 aromatic carbocycles. The largest absolute Gasteiger partial charge is 0.0958 e. The Balaban J connectivity index is 2.41. The smallest absolute Gasteiger partial charge is 0.0409 e. The summed E-state index contributed by atoms with van der Waals surface area (Å²) in [4.78, 5) is 0. The van der Waals surface area contributed by atoms with Gasteiger partial charge in [0, 0.05) is 5.02 Å². The molecule has 0 amide bonds. The van der Waals surface area contributed by atoms with Gasteiger partial charge in [-0.2, -0.15) is 0 Å². The van der Waals surface area contributed by atoms with Gasteiger partial charge in [-0.3, -0.25) is 0 Å². The molecule has 66 valence electrons. The highest BCUT2D eigenvalue weighted by Crippen LogP contribution is 2.30. The first kappa shape index (κ1) is 8.58. The van der Waals surface area contributed by atoms with Gasteiger partial charge in [0.25, 0.3) is 0 Å². The van der Waals surface area contributed by atoms with E-state index in [1.807, 2.05) is 19.1 Å². The third kappa shape index (κ3) is 1.54. The van der Waals surface area contributed by atoms with Crippen molar-refractivity contribution in [2.75, 3.05) is 0 Å². The zero-order valence-corrected chi connectivity index (χ0v) is 8.36. The number of hydrogen-bond donors (Lipinski definition) is 0. The van der Waals surface area contributed by atoms with Crippen molar-refractivity contribution in [2.45, 2.75) is 13.3 Å². The Kier molecular flexibility index (Phi) is 2.01. The van der Waals surface area contributed by atoms with Crippen molar-refractivity contribution < 1.29 is 0 Å². The van der Waals surface area contributed by atoms with Crippen molar-refractivity contribution in [3.8, 4) is 0 Å². The molecule has 0 saturated heterocycles. The molecule has 0 spiro atoms. The molecule has 0 fully saturated rings. The van der Waals surface area contributed by atoms with Crippen LogP contribution in [0.3, 0.4) is 0 Å². The van der Waals surface area contributed by atoms with Crippen molar-refractivity contribution in [1.29, 1.82) is 0 Å². The molecule has 13 heavy (non-hydrogen) atoms. The molecular weight excluding hydrogens is 180 g/mol. The van der Waals surface area contributed by atoms with Crippen molar-refractivity contribution in [3.63, 3.8) is 0 Å². The van der Waals surface area contributed by atoms with Crippen LogP contribution < -0.4 is 0 Å². The summed E-state index contributed by atoms with van der Waals surface area (Å²) >= 11 is 5.91. The molecule has 0 aliphatic heterocycles. The zero-order valence-electron chi connectivity index (χ0n) is 7.60. The second-order valence-corrected chi connectivity index (χ2v) is 3.91. The average molecular weight is 191 g/mol. The summed E-state index contributed by atoms with van der Waals surface area (Å²) in [6.07, 6.45) is 3.17. The fourth-order valence-corrected chi connectivity index (χ4v) is 1.78. The highest BCUT2D eigenvalue weighted by Gasteiger charge is 2.12. The Labute approximate surface area is 83.5 Å². The maximum absolute atomic E-state index is 5.91. The molecule has 0 bridgehead atoms. The molecule has 1 aromatic rings. The average Bonchev–Trinajstić information content (AvgIpc) is 2.46. The predicted octanol–water partition coefficient (Wildman–Crippen LogP) is 3.86. The summed E-state index contributed by atoms with van der Waals surface area (Å²) in [5, 5.41) is 0.815. The molecule has 1 heteroatoms. The lowest BCUT2D eigenvalue weighted by Gasteiger charge is -1.99. The molecule has 0 radical (unpaired) electrons. The lowest BCUT2D eigenvalue weighted by molar-refractivity contribution is 1.20. The molecule has 0 N–H and O–H groups in total. The van der Waals surface area contributed by atoms with Crippen LogP contribution in [-0.4, -0.2) is 0 Å². The topological polar surface area (TPSA) is 0 Å². The molecule has 0 heterocycles. The SMILES string of the molecule is C=C(C)C1=Cc2ccc(Cl)cc2C1. The van der Waals surface area contributed by atoms with E-state index in [4.69, 9.17) is 11.6 Å². The Morgan fingerprint density at radius 2 is 2.23 bits per heavy atom. The van der Waals surface area contributed by atoms with Gasteiger partial charge < -0.3 is 0 Å². The minimum absolute atomic E-state index is 0.815. The fourth-order valence-electron chi connectivity index (χ4n) is 1.59. The van der Waals surface area contributed by atoms with Crippen molar-refractivity contribution >= 4 is 17.7 Å². The van der Waals surface area contributed by atoms with Gasteiger partial charge in [-0.05, 0) is 42.2 Å². The minimum Gasteiger partial charge on any atom is -0.0958 e. The second-order valence-electron chi connectivity index (χ2n) is 3.47. The van der Waals surface area contributed by atoms with Gasteiger partial charge in [0.15, 0.2) is 0 Å². The number of allylic oxidation sites excluding steroid dienone is 2. The molecule has 1 aliphatic rings. The van der Waals surface area contributed by atoms with Gasteiger partial charge in [0.2, 0.25) is 0 Å². The van der Waals surface area contributed by atoms with Gasteiger partial charge in [-0.25, -0.2) is 0 Å². The van der Waals surface area contributed by atoms with E-state index >= 15 is 0 Å². The van der Waals surface area contributed by atoms with Crippen molar-refractivity contribution in [1.82, 2.24) is 0 Å². The summed E-state index contributed by atoms with van der Waals surface area (Å²) in [5.41, 5.74) is 5.05. The van der Waals surface area contributed by atoms with E-state index in [9.17, 15) is 0 Å². The van der Waals surface area contributed by atoms with Gasteiger partial charge >= 0.3 is 0 Å². The molecule has 0 saturated carbocycles. The third-order valence-electron chi connectivity index (χ3n) is 2.36. The van der Waals surface area contributed by atoms with E-state index in [2.05, 4.69) is 18.7 Å². The summed E-state index contributed by atoms with van der Waals surface area (Å²) in [7, 11) is 0. The van der Waals surface area contributed by atoms with Crippen LogP contribution in [0.1, 0.15) is 18.1 Å². The number of hydrogen-bond acceptors (Lipinski definition) is 0. The Bertz CT molecular complexity index is 400.